The van der Waals surface area contributed by atoms with Crippen LogP contribution in [0.5, 0.6) is 0 Å². The fourth-order valence-electron chi connectivity index (χ4n) is 2.86. The van der Waals surface area contributed by atoms with Crippen LogP contribution in [0.3, 0.4) is 0 Å². The van der Waals surface area contributed by atoms with Gasteiger partial charge in [0.05, 0.1) is 13.1 Å². The van der Waals surface area contributed by atoms with Crippen LogP contribution in [0.4, 0.5) is 4.79 Å². The van der Waals surface area contributed by atoms with Crippen molar-refractivity contribution in [2.45, 2.75) is 19.3 Å². The molecule has 0 atom stereocenters. The second-order valence-corrected chi connectivity index (χ2v) is 5.60. The number of quaternary nitrogens is 1. The van der Waals surface area contributed by atoms with Crippen LogP contribution in [0.25, 0.3) is 6.08 Å². The second-order valence-electron chi connectivity index (χ2n) is 5.60. The third-order valence-electron chi connectivity index (χ3n) is 4.02. The van der Waals surface area contributed by atoms with Crippen molar-refractivity contribution in [3.63, 3.8) is 0 Å². The molecule has 3 amide bonds. The zero-order valence-corrected chi connectivity index (χ0v) is 12.0. The number of nitrogens with one attached hydrogen (secondary N) is 2. The Labute approximate surface area is 124 Å². The van der Waals surface area contributed by atoms with Crippen molar-refractivity contribution < 1.29 is 14.5 Å². The monoisotopic (exact) mass is 286 g/mol. The minimum Gasteiger partial charge on any atom is -0.317 e. The number of carbonyl (C=O) groups is 2. The van der Waals surface area contributed by atoms with Crippen LogP contribution in [0.15, 0.2) is 36.0 Å². The van der Waals surface area contributed by atoms with Crippen LogP contribution in [0.1, 0.15) is 24.8 Å². The van der Waals surface area contributed by atoms with Crippen molar-refractivity contribution >= 4 is 18.0 Å². The molecule has 0 spiro atoms. The summed E-state index contributed by atoms with van der Waals surface area (Å²) in [7, 11) is 0. The van der Waals surface area contributed by atoms with Gasteiger partial charge in [-0.1, -0.05) is 30.3 Å². The Hall–Kier alpha value is -2.14. The quantitative estimate of drug-likeness (QED) is 0.632. The Morgan fingerprint density at radius 1 is 1.10 bits per heavy atom. The number of hydrogen-bond donors (Lipinski definition) is 2. The molecular weight excluding hydrogens is 266 g/mol. The fourth-order valence-corrected chi connectivity index (χ4v) is 2.86. The van der Waals surface area contributed by atoms with Gasteiger partial charge in [-0.05, 0) is 30.9 Å². The maximum Gasteiger partial charge on any atom is 0.333 e. The van der Waals surface area contributed by atoms with Crippen LogP contribution < -0.4 is 10.2 Å². The van der Waals surface area contributed by atoms with Gasteiger partial charge >= 0.3 is 6.03 Å². The molecule has 0 aliphatic carbocycles. The normalized spacial score (nSPS) is 21.9. The standard InChI is InChI=1S/C16H19N3O2/c20-15-14(11-13-7-3-1-4-8-13)17-16(21)19(15)12-18-9-5-2-6-10-18/h1,3-4,7-8,11H,2,5-6,9-10,12H2,(H,17,21)/p+1/b14-11-. The highest BCUT2D eigenvalue weighted by Crippen LogP contribution is 2.12. The summed E-state index contributed by atoms with van der Waals surface area (Å²) in [6.45, 7) is 2.54. The van der Waals surface area contributed by atoms with Gasteiger partial charge in [-0.3, -0.25) is 4.79 Å². The number of carbonyl (C=O) groups excluding carboxylic acids is 2. The van der Waals surface area contributed by atoms with E-state index >= 15 is 0 Å². The van der Waals surface area contributed by atoms with Crippen molar-refractivity contribution in [1.82, 2.24) is 10.2 Å². The highest BCUT2D eigenvalue weighted by Gasteiger charge is 2.36. The molecule has 0 aromatic heterocycles. The minimum absolute atomic E-state index is 0.220. The van der Waals surface area contributed by atoms with E-state index in [2.05, 4.69) is 5.32 Å². The minimum atomic E-state index is -0.305. The first-order chi connectivity index (χ1) is 10.2. The predicted octanol–water partition coefficient (Wildman–Crippen LogP) is 0.606. The molecule has 5 nitrogen and oxygen atoms in total. The molecule has 110 valence electrons. The van der Waals surface area contributed by atoms with E-state index in [0.29, 0.717) is 12.4 Å². The Morgan fingerprint density at radius 3 is 2.52 bits per heavy atom. The van der Waals surface area contributed by atoms with Gasteiger partial charge < -0.3 is 10.2 Å². The van der Waals surface area contributed by atoms with Gasteiger partial charge in [0.15, 0.2) is 6.67 Å². The van der Waals surface area contributed by atoms with Crippen LogP contribution >= 0.6 is 0 Å². The highest BCUT2D eigenvalue weighted by atomic mass is 16.2. The van der Waals surface area contributed by atoms with Gasteiger partial charge in [0.2, 0.25) is 0 Å². The first kappa shape index (κ1) is 13.8. The summed E-state index contributed by atoms with van der Waals surface area (Å²) in [5.41, 5.74) is 1.27. The Balaban J connectivity index is 1.71. The molecule has 0 saturated carbocycles. The number of likely N-dealkylation sites (tertiary alicyclic amines) is 1. The molecule has 2 N–H and O–H groups in total. The Bertz CT molecular complexity index is 562. The van der Waals surface area contributed by atoms with Crippen molar-refractivity contribution in [2.24, 2.45) is 0 Å². The lowest BCUT2D eigenvalue weighted by Gasteiger charge is -2.26. The first-order valence-corrected chi connectivity index (χ1v) is 7.47. The van der Waals surface area contributed by atoms with E-state index in [1.54, 1.807) is 6.08 Å². The number of nitrogens with zero attached hydrogens (tertiary/aromatic N) is 1. The van der Waals surface area contributed by atoms with E-state index in [9.17, 15) is 9.59 Å². The van der Waals surface area contributed by atoms with E-state index < -0.39 is 0 Å². The number of benzene rings is 1. The average Bonchev–Trinajstić information content (AvgIpc) is 2.77. The van der Waals surface area contributed by atoms with Crippen molar-refractivity contribution in [3.8, 4) is 0 Å². The van der Waals surface area contributed by atoms with E-state index in [1.165, 1.54) is 29.1 Å². The summed E-state index contributed by atoms with van der Waals surface area (Å²) in [5.74, 6) is -0.220. The highest BCUT2D eigenvalue weighted by molar-refractivity contribution is 6.13. The lowest BCUT2D eigenvalue weighted by molar-refractivity contribution is -0.912. The summed E-state index contributed by atoms with van der Waals surface area (Å²) >= 11 is 0. The number of urea groups is 1. The topological polar surface area (TPSA) is 53.9 Å². The molecule has 0 unspecified atom stereocenters. The van der Waals surface area contributed by atoms with Crippen molar-refractivity contribution in [2.75, 3.05) is 19.8 Å². The van der Waals surface area contributed by atoms with Gasteiger partial charge in [0, 0.05) is 0 Å². The SMILES string of the molecule is O=C1N/C(=C\c2ccccc2)C(=O)N1C[NH+]1CCCCC1. The smallest absolute Gasteiger partial charge is 0.317 e. The molecule has 2 fully saturated rings. The number of hydrogen-bond acceptors (Lipinski definition) is 2. The van der Waals surface area contributed by atoms with Crippen molar-refractivity contribution in [3.05, 3.63) is 41.6 Å². The van der Waals surface area contributed by atoms with Gasteiger partial charge in [0.1, 0.15) is 5.70 Å². The molecule has 0 radical (unpaired) electrons. The molecular formula is C16H20N3O2+. The van der Waals surface area contributed by atoms with E-state index in [0.717, 1.165) is 18.7 Å². The third-order valence-corrected chi connectivity index (χ3v) is 4.02. The molecule has 2 heterocycles. The molecule has 5 heteroatoms. The van der Waals surface area contributed by atoms with Crippen LogP contribution in [0, 0.1) is 0 Å². The second kappa shape index (κ2) is 6.10. The molecule has 0 bridgehead atoms. The van der Waals surface area contributed by atoms with E-state index in [4.69, 9.17) is 0 Å². The number of imide groups is 1. The maximum absolute atomic E-state index is 12.4. The van der Waals surface area contributed by atoms with Gasteiger partial charge in [-0.25, -0.2) is 9.69 Å². The molecule has 21 heavy (non-hydrogen) atoms. The van der Waals surface area contributed by atoms with Gasteiger partial charge in [-0.2, -0.15) is 0 Å². The van der Waals surface area contributed by atoms with E-state index in [1.807, 2.05) is 30.3 Å². The van der Waals surface area contributed by atoms with Crippen LogP contribution in [-0.4, -0.2) is 36.6 Å². The number of piperidine rings is 1. The Morgan fingerprint density at radius 2 is 1.81 bits per heavy atom. The lowest BCUT2D eigenvalue weighted by Crippen LogP contribution is -3.14. The molecule has 1 aromatic rings. The summed E-state index contributed by atoms with van der Waals surface area (Å²) in [6.07, 6.45) is 5.33. The van der Waals surface area contributed by atoms with Crippen LogP contribution in [0.2, 0.25) is 0 Å². The summed E-state index contributed by atoms with van der Waals surface area (Å²) < 4.78 is 0. The maximum atomic E-state index is 12.4. The lowest BCUT2D eigenvalue weighted by atomic mass is 10.1. The summed E-state index contributed by atoms with van der Waals surface area (Å²) in [6, 6.07) is 9.24. The summed E-state index contributed by atoms with van der Waals surface area (Å²) in [4.78, 5) is 27.0. The number of rotatable bonds is 3. The van der Waals surface area contributed by atoms with Crippen molar-refractivity contribution in [1.29, 1.82) is 0 Å². The molecule has 3 rings (SSSR count). The molecule has 2 saturated heterocycles. The van der Waals surface area contributed by atoms with E-state index in [-0.39, 0.29) is 11.9 Å². The third kappa shape index (κ3) is 3.13. The largest absolute Gasteiger partial charge is 0.333 e. The molecule has 2 aliphatic heterocycles. The zero-order valence-electron chi connectivity index (χ0n) is 12.0. The fraction of sp³-hybridized carbons (Fsp3) is 0.375. The molecule has 1 aromatic carbocycles. The van der Waals surface area contributed by atoms with Gasteiger partial charge in [-0.15, -0.1) is 0 Å². The first-order valence-electron chi connectivity index (χ1n) is 7.47. The van der Waals surface area contributed by atoms with Crippen LogP contribution in [-0.2, 0) is 4.79 Å². The summed E-state index contributed by atoms with van der Waals surface area (Å²) in [5, 5.41) is 2.68. The Kier molecular flexibility index (Phi) is 4.01. The predicted molar refractivity (Wildman–Crippen MR) is 79.2 cm³/mol. The van der Waals surface area contributed by atoms with Gasteiger partial charge in [0.25, 0.3) is 5.91 Å². The number of amides is 3. The molecule has 2 aliphatic rings. The average molecular weight is 286 g/mol. The zero-order chi connectivity index (χ0) is 14.7.